The van der Waals surface area contributed by atoms with Gasteiger partial charge in [-0.05, 0) is 31.4 Å². The molecular weight excluding hydrogens is 206 g/mol. The standard InChI is InChI=1S/C12H15NO3/c14-10(11-6-3-7-16-11)8-13-12(15)9-4-1-2-5-9/h3-4,6-7,10,14H,1-2,5,8H2,(H,13,15). The fourth-order valence-electron chi connectivity index (χ4n) is 1.76. The molecule has 0 bridgehead atoms. The zero-order chi connectivity index (χ0) is 11.4. The molecule has 1 aromatic rings. The van der Waals surface area contributed by atoms with E-state index in [1.54, 1.807) is 12.1 Å². The van der Waals surface area contributed by atoms with Gasteiger partial charge in [-0.3, -0.25) is 4.79 Å². The molecule has 16 heavy (non-hydrogen) atoms. The van der Waals surface area contributed by atoms with E-state index >= 15 is 0 Å². The first-order chi connectivity index (χ1) is 7.77. The SMILES string of the molecule is O=C(NCC(O)c1ccco1)C1=CCCC1. The molecular formula is C12H15NO3. The number of aliphatic hydroxyl groups is 1. The van der Waals surface area contributed by atoms with Crippen LogP contribution in [0.3, 0.4) is 0 Å². The van der Waals surface area contributed by atoms with Gasteiger partial charge in [0.2, 0.25) is 5.91 Å². The molecule has 0 spiro atoms. The quantitative estimate of drug-likeness (QED) is 0.810. The molecule has 4 nitrogen and oxygen atoms in total. The van der Waals surface area contributed by atoms with Gasteiger partial charge in [0.05, 0.1) is 12.8 Å². The van der Waals surface area contributed by atoms with E-state index in [4.69, 9.17) is 4.42 Å². The van der Waals surface area contributed by atoms with Crippen LogP contribution in [0.4, 0.5) is 0 Å². The lowest BCUT2D eigenvalue weighted by atomic mass is 10.2. The smallest absolute Gasteiger partial charge is 0.246 e. The fraction of sp³-hybridized carbons (Fsp3) is 0.417. The molecule has 0 radical (unpaired) electrons. The number of nitrogens with one attached hydrogen (secondary N) is 1. The maximum Gasteiger partial charge on any atom is 0.246 e. The summed E-state index contributed by atoms with van der Waals surface area (Å²) in [5.41, 5.74) is 0.826. The van der Waals surface area contributed by atoms with Crippen molar-refractivity contribution in [3.05, 3.63) is 35.8 Å². The number of aliphatic hydroxyl groups excluding tert-OH is 1. The largest absolute Gasteiger partial charge is 0.467 e. The van der Waals surface area contributed by atoms with Crippen LogP contribution in [-0.4, -0.2) is 17.6 Å². The Balaban J connectivity index is 1.81. The number of furan rings is 1. The van der Waals surface area contributed by atoms with Crippen molar-refractivity contribution in [3.63, 3.8) is 0 Å². The zero-order valence-electron chi connectivity index (χ0n) is 8.98. The van der Waals surface area contributed by atoms with E-state index in [0.29, 0.717) is 5.76 Å². The third-order valence-corrected chi connectivity index (χ3v) is 2.66. The average molecular weight is 221 g/mol. The Morgan fingerprint density at radius 1 is 1.62 bits per heavy atom. The van der Waals surface area contributed by atoms with Gasteiger partial charge < -0.3 is 14.8 Å². The second kappa shape index (κ2) is 4.99. The molecule has 1 aliphatic rings. The maximum atomic E-state index is 11.6. The number of carbonyl (C=O) groups excluding carboxylic acids is 1. The minimum atomic E-state index is -0.777. The number of amides is 1. The van der Waals surface area contributed by atoms with Crippen LogP contribution in [0.1, 0.15) is 31.1 Å². The van der Waals surface area contributed by atoms with Gasteiger partial charge in [-0.15, -0.1) is 0 Å². The van der Waals surface area contributed by atoms with Gasteiger partial charge in [-0.1, -0.05) is 6.08 Å². The second-order valence-electron chi connectivity index (χ2n) is 3.86. The number of carbonyl (C=O) groups is 1. The third kappa shape index (κ3) is 2.52. The molecule has 4 heteroatoms. The van der Waals surface area contributed by atoms with Crippen molar-refractivity contribution in [1.29, 1.82) is 0 Å². The van der Waals surface area contributed by atoms with Crippen LogP contribution >= 0.6 is 0 Å². The molecule has 1 heterocycles. The first kappa shape index (κ1) is 11.0. The highest BCUT2D eigenvalue weighted by atomic mass is 16.4. The molecule has 0 fully saturated rings. The summed E-state index contributed by atoms with van der Waals surface area (Å²) in [5.74, 6) is 0.392. The van der Waals surface area contributed by atoms with Gasteiger partial charge in [-0.2, -0.15) is 0 Å². The Morgan fingerprint density at radius 2 is 2.50 bits per heavy atom. The first-order valence-electron chi connectivity index (χ1n) is 5.46. The number of hydrogen-bond acceptors (Lipinski definition) is 3. The van der Waals surface area contributed by atoms with E-state index in [2.05, 4.69) is 5.32 Å². The zero-order valence-corrected chi connectivity index (χ0v) is 8.98. The fourth-order valence-corrected chi connectivity index (χ4v) is 1.76. The number of rotatable bonds is 4. The lowest BCUT2D eigenvalue weighted by molar-refractivity contribution is -0.118. The van der Waals surface area contributed by atoms with Crippen LogP contribution in [-0.2, 0) is 4.79 Å². The molecule has 86 valence electrons. The summed E-state index contributed by atoms with van der Waals surface area (Å²) in [6.45, 7) is 0.184. The lowest BCUT2D eigenvalue weighted by Gasteiger charge is -2.09. The minimum Gasteiger partial charge on any atom is -0.467 e. The second-order valence-corrected chi connectivity index (χ2v) is 3.86. The molecule has 1 unspecified atom stereocenters. The molecule has 1 amide bonds. The van der Waals surface area contributed by atoms with Crippen molar-refractivity contribution in [2.75, 3.05) is 6.54 Å². The Kier molecular flexibility index (Phi) is 3.41. The summed E-state index contributed by atoms with van der Waals surface area (Å²) in [7, 11) is 0. The van der Waals surface area contributed by atoms with E-state index in [1.165, 1.54) is 6.26 Å². The third-order valence-electron chi connectivity index (χ3n) is 2.66. The van der Waals surface area contributed by atoms with Gasteiger partial charge in [-0.25, -0.2) is 0 Å². The van der Waals surface area contributed by atoms with Crippen LogP contribution in [0.5, 0.6) is 0 Å². The van der Waals surface area contributed by atoms with Gasteiger partial charge in [0.25, 0.3) is 0 Å². The van der Waals surface area contributed by atoms with E-state index < -0.39 is 6.10 Å². The van der Waals surface area contributed by atoms with E-state index in [0.717, 1.165) is 24.8 Å². The summed E-state index contributed by atoms with van der Waals surface area (Å²) in [6.07, 6.45) is 5.53. The Labute approximate surface area is 94.0 Å². The van der Waals surface area contributed by atoms with Crippen LogP contribution in [0.2, 0.25) is 0 Å². The van der Waals surface area contributed by atoms with Crippen LogP contribution in [0.25, 0.3) is 0 Å². The minimum absolute atomic E-state index is 0.0805. The normalized spacial score (nSPS) is 16.9. The lowest BCUT2D eigenvalue weighted by Crippen LogP contribution is -2.29. The molecule has 0 aliphatic heterocycles. The maximum absolute atomic E-state index is 11.6. The van der Waals surface area contributed by atoms with Gasteiger partial charge in [0, 0.05) is 5.57 Å². The van der Waals surface area contributed by atoms with E-state index in [1.807, 2.05) is 6.08 Å². The molecule has 0 saturated carbocycles. The van der Waals surface area contributed by atoms with Gasteiger partial charge in [0.1, 0.15) is 11.9 Å². The van der Waals surface area contributed by atoms with Crippen molar-refractivity contribution in [2.45, 2.75) is 25.4 Å². The highest BCUT2D eigenvalue weighted by molar-refractivity contribution is 5.93. The van der Waals surface area contributed by atoms with Gasteiger partial charge in [0.15, 0.2) is 0 Å². The average Bonchev–Trinajstić information content (AvgIpc) is 2.95. The van der Waals surface area contributed by atoms with Crippen molar-refractivity contribution < 1.29 is 14.3 Å². The van der Waals surface area contributed by atoms with Crippen molar-refractivity contribution in [2.24, 2.45) is 0 Å². The highest BCUT2D eigenvalue weighted by Gasteiger charge is 2.15. The number of allylic oxidation sites excluding steroid dienone is 1. The molecule has 1 aliphatic carbocycles. The summed E-state index contributed by atoms with van der Waals surface area (Å²) in [4.78, 5) is 11.6. The predicted molar refractivity (Wildman–Crippen MR) is 58.6 cm³/mol. The van der Waals surface area contributed by atoms with Crippen LogP contribution in [0.15, 0.2) is 34.5 Å². The summed E-state index contributed by atoms with van der Waals surface area (Å²) in [6, 6.07) is 3.39. The molecule has 1 aromatic heterocycles. The van der Waals surface area contributed by atoms with Gasteiger partial charge >= 0.3 is 0 Å². The Bertz CT molecular complexity index is 381. The first-order valence-corrected chi connectivity index (χ1v) is 5.46. The topological polar surface area (TPSA) is 62.5 Å². The highest BCUT2D eigenvalue weighted by Crippen LogP contribution is 2.18. The van der Waals surface area contributed by atoms with Crippen LogP contribution in [0, 0.1) is 0 Å². The summed E-state index contributed by atoms with van der Waals surface area (Å²) >= 11 is 0. The number of hydrogen-bond donors (Lipinski definition) is 2. The van der Waals surface area contributed by atoms with Crippen molar-refractivity contribution in [1.82, 2.24) is 5.32 Å². The molecule has 0 aromatic carbocycles. The van der Waals surface area contributed by atoms with E-state index in [9.17, 15) is 9.90 Å². The van der Waals surface area contributed by atoms with Crippen LogP contribution < -0.4 is 5.32 Å². The summed E-state index contributed by atoms with van der Waals surface area (Å²) < 4.78 is 5.04. The Hall–Kier alpha value is -1.55. The van der Waals surface area contributed by atoms with Crippen molar-refractivity contribution >= 4 is 5.91 Å². The molecule has 2 rings (SSSR count). The monoisotopic (exact) mass is 221 g/mol. The summed E-state index contributed by atoms with van der Waals surface area (Å²) in [5, 5.41) is 12.4. The van der Waals surface area contributed by atoms with Crippen molar-refractivity contribution in [3.8, 4) is 0 Å². The Morgan fingerprint density at radius 3 is 3.12 bits per heavy atom. The predicted octanol–water partition coefficient (Wildman–Crippen LogP) is 1.54. The molecule has 2 N–H and O–H groups in total. The molecule has 0 saturated heterocycles. The van der Waals surface area contributed by atoms with E-state index in [-0.39, 0.29) is 12.5 Å². The molecule has 1 atom stereocenters.